The highest BCUT2D eigenvalue weighted by atomic mass is 16.5. The number of aromatic amines is 1. The number of carbonyl (C=O) groups excluding carboxylic acids is 1. The van der Waals surface area contributed by atoms with Crippen molar-refractivity contribution in [1.82, 2.24) is 15.2 Å². The number of para-hydroxylation sites is 1. The van der Waals surface area contributed by atoms with Crippen LogP contribution in [0, 0.1) is 5.92 Å². The van der Waals surface area contributed by atoms with Gasteiger partial charge < -0.3 is 4.74 Å². The Balaban J connectivity index is 2.08. The lowest BCUT2D eigenvalue weighted by molar-refractivity contribution is -0.121. The summed E-state index contributed by atoms with van der Waals surface area (Å²) in [7, 11) is 1.60. The summed E-state index contributed by atoms with van der Waals surface area (Å²) >= 11 is 0. The van der Waals surface area contributed by atoms with Gasteiger partial charge in [-0.1, -0.05) is 32.0 Å². The van der Waals surface area contributed by atoms with Gasteiger partial charge >= 0.3 is 0 Å². The Morgan fingerprint density at radius 3 is 2.40 bits per heavy atom. The van der Waals surface area contributed by atoms with Crippen molar-refractivity contribution < 1.29 is 9.53 Å². The molecule has 0 atom stereocenters. The van der Waals surface area contributed by atoms with Gasteiger partial charge in [0.25, 0.3) is 5.56 Å². The highest BCUT2D eigenvalue weighted by Crippen LogP contribution is 2.24. The smallest absolute Gasteiger partial charge is 0.281 e. The first kappa shape index (κ1) is 21.1. The number of nitrogens with one attached hydrogen (secondary N) is 2. The molecule has 1 aromatic heterocycles. The normalized spacial score (nSPS) is 11.6. The molecule has 2 aromatic carbocycles. The van der Waals surface area contributed by atoms with Crippen LogP contribution in [0.4, 0.5) is 0 Å². The predicted molar refractivity (Wildman–Crippen MR) is 118 cm³/mol. The standard InChI is InChI=1S/C23H26N4O3/c1-15(2)14-20(28)25-24-16(3)21-22(17-10-12-19(30-4)13-11-17)26-27(23(21)29)18-8-6-5-7-9-18/h5-13,15,26H,14H2,1-4H3,(H,25,28)/b24-16+. The summed E-state index contributed by atoms with van der Waals surface area (Å²) in [6.45, 7) is 5.63. The van der Waals surface area contributed by atoms with Crippen LogP contribution in [0.2, 0.25) is 0 Å². The third-order valence-electron chi connectivity index (χ3n) is 4.59. The molecular weight excluding hydrogens is 380 g/mol. The number of amides is 1. The van der Waals surface area contributed by atoms with Crippen molar-refractivity contribution in [2.24, 2.45) is 11.0 Å². The number of carbonyl (C=O) groups is 1. The number of methoxy groups -OCH3 is 1. The summed E-state index contributed by atoms with van der Waals surface area (Å²) in [4.78, 5) is 25.3. The molecule has 7 heteroatoms. The Hall–Kier alpha value is -3.61. The van der Waals surface area contributed by atoms with Crippen LogP contribution >= 0.6 is 0 Å². The van der Waals surface area contributed by atoms with Crippen LogP contribution in [0.15, 0.2) is 64.5 Å². The fraction of sp³-hybridized carbons (Fsp3) is 0.261. The monoisotopic (exact) mass is 406 g/mol. The van der Waals surface area contributed by atoms with E-state index in [0.29, 0.717) is 29.1 Å². The fourth-order valence-electron chi connectivity index (χ4n) is 3.12. The number of hydrogen-bond donors (Lipinski definition) is 2. The topological polar surface area (TPSA) is 88.5 Å². The molecular formula is C23H26N4O3. The molecule has 0 aliphatic carbocycles. The molecule has 0 saturated carbocycles. The zero-order chi connectivity index (χ0) is 21.7. The number of aromatic nitrogens is 2. The van der Waals surface area contributed by atoms with E-state index in [9.17, 15) is 9.59 Å². The van der Waals surface area contributed by atoms with Crippen LogP contribution in [-0.4, -0.2) is 28.5 Å². The molecule has 3 aromatic rings. The maximum atomic E-state index is 13.3. The van der Waals surface area contributed by atoms with E-state index >= 15 is 0 Å². The SMILES string of the molecule is COc1ccc(-c2[nH]n(-c3ccccc3)c(=O)c2/C(C)=N/NC(=O)CC(C)C)cc1. The zero-order valence-corrected chi connectivity index (χ0v) is 17.6. The van der Waals surface area contributed by atoms with E-state index in [0.717, 1.165) is 11.3 Å². The summed E-state index contributed by atoms with van der Waals surface area (Å²) in [6.07, 6.45) is 0.365. The summed E-state index contributed by atoms with van der Waals surface area (Å²) in [5.41, 5.74) is 5.26. The van der Waals surface area contributed by atoms with Gasteiger partial charge in [-0.25, -0.2) is 10.1 Å². The van der Waals surface area contributed by atoms with Crippen LogP contribution in [0.25, 0.3) is 16.9 Å². The maximum Gasteiger partial charge on any atom is 0.281 e. The Kier molecular flexibility index (Phi) is 6.51. The maximum absolute atomic E-state index is 13.3. The van der Waals surface area contributed by atoms with E-state index in [4.69, 9.17) is 4.74 Å². The molecule has 2 N–H and O–H groups in total. The Labute approximate surface area is 175 Å². The zero-order valence-electron chi connectivity index (χ0n) is 17.6. The predicted octanol–water partition coefficient (Wildman–Crippen LogP) is 3.73. The molecule has 1 heterocycles. The lowest BCUT2D eigenvalue weighted by Gasteiger charge is -2.06. The number of H-pyrrole nitrogens is 1. The molecule has 1 amide bonds. The van der Waals surface area contributed by atoms with Crippen LogP contribution in [0.1, 0.15) is 32.8 Å². The van der Waals surface area contributed by atoms with E-state index in [1.54, 1.807) is 14.0 Å². The van der Waals surface area contributed by atoms with Gasteiger partial charge in [-0.05, 0) is 49.2 Å². The van der Waals surface area contributed by atoms with Gasteiger partial charge in [0, 0.05) is 12.0 Å². The van der Waals surface area contributed by atoms with Crippen LogP contribution < -0.4 is 15.7 Å². The number of hydrogen-bond acceptors (Lipinski definition) is 4. The lowest BCUT2D eigenvalue weighted by atomic mass is 10.1. The first-order valence-electron chi connectivity index (χ1n) is 9.79. The Morgan fingerprint density at radius 1 is 1.13 bits per heavy atom. The Morgan fingerprint density at radius 2 is 1.80 bits per heavy atom. The summed E-state index contributed by atoms with van der Waals surface area (Å²) < 4.78 is 6.71. The van der Waals surface area contributed by atoms with E-state index < -0.39 is 0 Å². The molecule has 0 unspecified atom stereocenters. The third-order valence-corrected chi connectivity index (χ3v) is 4.59. The molecule has 0 aliphatic rings. The van der Waals surface area contributed by atoms with Gasteiger partial charge in [0.2, 0.25) is 5.91 Å². The highest BCUT2D eigenvalue weighted by Gasteiger charge is 2.19. The van der Waals surface area contributed by atoms with Gasteiger partial charge in [-0.15, -0.1) is 0 Å². The molecule has 156 valence electrons. The summed E-state index contributed by atoms with van der Waals surface area (Å²) in [6, 6.07) is 16.7. The quantitative estimate of drug-likeness (QED) is 0.463. The van der Waals surface area contributed by atoms with Crippen molar-refractivity contribution in [3.05, 3.63) is 70.5 Å². The molecule has 7 nitrogen and oxygen atoms in total. The molecule has 3 rings (SSSR count). The second-order valence-electron chi connectivity index (χ2n) is 7.40. The minimum atomic E-state index is -0.244. The average molecular weight is 406 g/mol. The number of hydrazone groups is 1. The van der Waals surface area contributed by atoms with E-state index in [1.807, 2.05) is 68.4 Å². The average Bonchev–Trinajstić information content (AvgIpc) is 3.09. The number of rotatable bonds is 7. The van der Waals surface area contributed by atoms with Gasteiger partial charge in [-0.3, -0.25) is 14.7 Å². The first-order chi connectivity index (χ1) is 14.4. The third kappa shape index (κ3) is 4.68. The van der Waals surface area contributed by atoms with E-state index in [2.05, 4.69) is 15.6 Å². The fourth-order valence-corrected chi connectivity index (χ4v) is 3.12. The van der Waals surface area contributed by atoms with Crippen molar-refractivity contribution in [2.75, 3.05) is 7.11 Å². The Bertz CT molecular complexity index is 1090. The largest absolute Gasteiger partial charge is 0.497 e. The lowest BCUT2D eigenvalue weighted by Crippen LogP contribution is -2.24. The second-order valence-corrected chi connectivity index (χ2v) is 7.40. The molecule has 0 fully saturated rings. The van der Waals surface area contributed by atoms with Crippen molar-refractivity contribution >= 4 is 11.6 Å². The second kappa shape index (κ2) is 9.26. The van der Waals surface area contributed by atoms with Crippen LogP contribution in [0.5, 0.6) is 5.75 Å². The van der Waals surface area contributed by atoms with Crippen molar-refractivity contribution in [2.45, 2.75) is 27.2 Å². The van der Waals surface area contributed by atoms with Crippen LogP contribution in [0.3, 0.4) is 0 Å². The number of benzene rings is 2. The van der Waals surface area contributed by atoms with Crippen molar-refractivity contribution in [3.63, 3.8) is 0 Å². The van der Waals surface area contributed by atoms with Crippen LogP contribution in [-0.2, 0) is 4.79 Å². The minimum absolute atomic E-state index is 0.186. The van der Waals surface area contributed by atoms with Crippen molar-refractivity contribution in [1.29, 1.82) is 0 Å². The number of nitrogens with zero attached hydrogens (tertiary/aromatic N) is 2. The highest BCUT2D eigenvalue weighted by molar-refractivity contribution is 6.04. The van der Waals surface area contributed by atoms with Gasteiger partial charge in [0.05, 0.1) is 29.8 Å². The van der Waals surface area contributed by atoms with E-state index in [1.165, 1.54) is 4.68 Å². The van der Waals surface area contributed by atoms with Gasteiger partial charge in [0.1, 0.15) is 5.75 Å². The molecule has 0 aliphatic heterocycles. The molecule has 0 spiro atoms. The minimum Gasteiger partial charge on any atom is -0.497 e. The molecule has 0 saturated heterocycles. The molecule has 0 radical (unpaired) electrons. The molecule has 30 heavy (non-hydrogen) atoms. The van der Waals surface area contributed by atoms with Gasteiger partial charge in [0.15, 0.2) is 0 Å². The first-order valence-corrected chi connectivity index (χ1v) is 9.79. The van der Waals surface area contributed by atoms with Crippen molar-refractivity contribution in [3.8, 4) is 22.7 Å². The van der Waals surface area contributed by atoms with Gasteiger partial charge in [-0.2, -0.15) is 5.10 Å². The summed E-state index contributed by atoms with van der Waals surface area (Å²) in [5.74, 6) is 0.753. The summed E-state index contributed by atoms with van der Waals surface area (Å²) in [5, 5.41) is 7.38. The van der Waals surface area contributed by atoms with E-state index in [-0.39, 0.29) is 17.4 Å². The molecule has 0 bridgehead atoms. The number of ether oxygens (including phenoxy) is 1.